The molecule has 0 fully saturated rings. The Morgan fingerprint density at radius 3 is 2.33 bits per heavy atom. The minimum absolute atomic E-state index is 0. The molecule has 0 N–H and O–H groups in total. The Balaban J connectivity index is 0.00000196. The zero-order valence-electron chi connectivity index (χ0n) is 7.81. The van der Waals surface area contributed by atoms with Gasteiger partial charge in [-0.15, -0.1) is 0 Å². The summed E-state index contributed by atoms with van der Waals surface area (Å²) in [6.45, 7) is -6.30. The van der Waals surface area contributed by atoms with Gasteiger partial charge in [-0.2, -0.15) is 0 Å². The number of hydrogen-bond acceptors (Lipinski definition) is 1. The fourth-order valence-electron chi connectivity index (χ4n) is 0.757. The first-order valence-corrected chi connectivity index (χ1v) is 4.46. The molecule has 0 aromatic heterocycles. The van der Waals surface area contributed by atoms with E-state index in [2.05, 4.69) is 20.7 Å². The van der Waals surface area contributed by atoms with Crippen LogP contribution in [0.15, 0.2) is 22.7 Å². The predicted molar refractivity (Wildman–Crippen MR) is 48.7 cm³/mol. The minimum Gasteiger partial charge on any atom is -0.522 e. The van der Waals surface area contributed by atoms with Crippen LogP contribution in [0.5, 0.6) is 5.75 Å². The molecule has 1 rings (SSSR count). The molecule has 8 heteroatoms. The van der Waals surface area contributed by atoms with Crippen molar-refractivity contribution >= 4 is 22.9 Å². The average Bonchev–Trinajstić information content (AvgIpc) is 2.06. The molecule has 0 spiro atoms. The summed E-state index contributed by atoms with van der Waals surface area (Å²) in [6.07, 6.45) is 0. The van der Waals surface area contributed by atoms with E-state index in [0.717, 1.165) is 18.2 Å². The van der Waals surface area contributed by atoms with Crippen molar-refractivity contribution in [1.82, 2.24) is 0 Å². The summed E-state index contributed by atoms with van der Waals surface area (Å²) >= 11 is 2.84. The number of ether oxygens (including phenoxy) is 1. The molecule has 0 radical (unpaired) electrons. The van der Waals surface area contributed by atoms with E-state index in [1.54, 1.807) is 0 Å². The molecule has 0 aliphatic heterocycles. The van der Waals surface area contributed by atoms with E-state index in [-0.39, 0.29) is 61.6 Å². The Hall–Kier alpha value is 0.921. The van der Waals surface area contributed by atoms with Crippen molar-refractivity contribution in [1.29, 1.82) is 0 Å². The molecule has 0 aliphatic rings. The monoisotopic (exact) mass is 310 g/mol. The van der Waals surface area contributed by atoms with Gasteiger partial charge in [0.15, 0.2) is 0 Å². The second-order valence-corrected chi connectivity index (χ2v) is 3.45. The Labute approximate surface area is 135 Å². The van der Waals surface area contributed by atoms with Crippen molar-refractivity contribution in [2.75, 3.05) is 6.51 Å². The third kappa shape index (κ3) is 6.28. The second kappa shape index (κ2) is 6.61. The van der Waals surface area contributed by atoms with Crippen LogP contribution < -0.4 is 56.1 Å². The summed E-state index contributed by atoms with van der Waals surface area (Å²) in [7, 11) is 0. The molecule has 0 unspecified atom stereocenters. The largest absolute Gasteiger partial charge is 1.00 e. The van der Waals surface area contributed by atoms with Crippen LogP contribution >= 0.6 is 15.9 Å². The van der Waals surface area contributed by atoms with Crippen molar-refractivity contribution in [2.24, 2.45) is 0 Å². The molecule has 0 aliphatic carbocycles. The van der Waals surface area contributed by atoms with Crippen LogP contribution in [0.25, 0.3) is 0 Å². The van der Waals surface area contributed by atoms with Gasteiger partial charge in [-0.3, -0.25) is 0 Å². The van der Waals surface area contributed by atoms with E-state index in [1.807, 2.05) is 0 Å². The van der Waals surface area contributed by atoms with E-state index < -0.39 is 19.3 Å². The summed E-state index contributed by atoms with van der Waals surface area (Å²) in [6, 6.07) is 3.32. The van der Waals surface area contributed by atoms with Crippen LogP contribution in [0.4, 0.5) is 17.3 Å². The third-order valence-electron chi connectivity index (χ3n) is 1.33. The standard InChI is InChI=1S/C7H5BBrF4O.K/c9-6-3-5(1-2-7(6)10)14-4-8(11,12)13;/h1-3H,4H2;/q-1;+1. The molecular weight excluding hydrogens is 306 g/mol. The summed E-state index contributed by atoms with van der Waals surface area (Å²) in [5.41, 5.74) is 0. The first kappa shape index (κ1) is 15.9. The van der Waals surface area contributed by atoms with Gasteiger partial charge in [0.1, 0.15) is 11.6 Å². The van der Waals surface area contributed by atoms with Crippen molar-refractivity contribution in [2.45, 2.75) is 0 Å². The molecular formula is C7H5BBrF4KO. The predicted octanol–water partition coefficient (Wildman–Crippen LogP) is 0.358. The number of hydrogen-bond donors (Lipinski definition) is 0. The summed E-state index contributed by atoms with van der Waals surface area (Å²) in [5.74, 6) is -0.563. The van der Waals surface area contributed by atoms with Crippen molar-refractivity contribution in [3.05, 3.63) is 28.5 Å². The molecule has 1 aromatic carbocycles. The van der Waals surface area contributed by atoms with Crippen LogP contribution in [0.3, 0.4) is 0 Å². The van der Waals surface area contributed by atoms with Gasteiger partial charge in [-0.05, 0) is 34.1 Å². The van der Waals surface area contributed by atoms with Crippen LogP contribution in [-0.2, 0) is 0 Å². The topological polar surface area (TPSA) is 9.23 Å². The quantitative estimate of drug-likeness (QED) is 0.578. The van der Waals surface area contributed by atoms with E-state index in [4.69, 9.17) is 0 Å². The van der Waals surface area contributed by atoms with Crippen molar-refractivity contribution in [3.63, 3.8) is 0 Å². The Morgan fingerprint density at radius 2 is 1.87 bits per heavy atom. The van der Waals surface area contributed by atoms with Crippen LogP contribution in [0.2, 0.25) is 0 Å². The average molecular weight is 311 g/mol. The van der Waals surface area contributed by atoms with Gasteiger partial charge in [-0.25, -0.2) is 4.39 Å². The van der Waals surface area contributed by atoms with Gasteiger partial charge in [0, 0.05) is 0 Å². The van der Waals surface area contributed by atoms with Crippen molar-refractivity contribution < 1.29 is 73.5 Å². The smallest absolute Gasteiger partial charge is 0.522 e. The van der Waals surface area contributed by atoms with Gasteiger partial charge in [-0.1, -0.05) is 0 Å². The second-order valence-electron chi connectivity index (χ2n) is 2.60. The van der Waals surface area contributed by atoms with E-state index in [0.29, 0.717) is 0 Å². The minimum atomic E-state index is -4.98. The summed E-state index contributed by atoms with van der Waals surface area (Å²) in [5, 5.41) is 0. The number of rotatable bonds is 3. The molecule has 1 nitrogen and oxygen atoms in total. The van der Waals surface area contributed by atoms with Crippen LogP contribution in [0, 0.1) is 5.82 Å². The molecule has 0 atom stereocenters. The fourth-order valence-corrected chi connectivity index (χ4v) is 1.12. The maximum absolute atomic E-state index is 12.7. The maximum atomic E-state index is 12.7. The molecule has 0 saturated carbocycles. The first-order valence-electron chi connectivity index (χ1n) is 3.67. The Bertz CT molecular complexity index is 333. The third-order valence-corrected chi connectivity index (χ3v) is 1.94. The normalized spacial score (nSPS) is 10.7. The molecule has 78 valence electrons. The molecule has 0 bridgehead atoms. The van der Waals surface area contributed by atoms with Gasteiger partial charge < -0.3 is 17.7 Å². The van der Waals surface area contributed by atoms with Gasteiger partial charge >= 0.3 is 58.4 Å². The van der Waals surface area contributed by atoms with E-state index in [9.17, 15) is 17.3 Å². The van der Waals surface area contributed by atoms with Crippen LogP contribution in [0.1, 0.15) is 0 Å². The van der Waals surface area contributed by atoms with Gasteiger partial charge in [0.2, 0.25) is 0 Å². The molecule has 1 aromatic rings. The molecule has 0 heterocycles. The zero-order valence-corrected chi connectivity index (χ0v) is 12.5. The van der Waals surface area contributed by atoms with E-state index >= 15 is 0 Å². The van der Waals surface area contributed by atoms with Crippen LogP contribution in [-0.4, -0.2) is 13.5 Å². The molecule has 15 heavy (non-hydrogen) atoms. The number of halogens is 5. The maximum Gasteiger partial charge on any atom is 1.00 e. The number of benzene rings is 1. The van der Waals surface area contributed by atoms with Gasteiger partial charge in [0.25, 0.3) is 0 Å². The zero-order chi connectivity index (χ0) is 10.8. The molecule has 0 saturated heterocycles. The first-order chi connectivity index (χ1) is 6.38. The fraction of sp³-hybridized carbons (Fsp3) is 0.143. The Kier molecular flexibility index (Phi) is 7.01. The summed E-state index contributed by atoms with van der Waals surface area (Å²) < 4.78 is 52.5. The van der Waals surface area contributed by atoms with Gasteiger partial charge in [0.05, 0.1) is 11.0 Å². The molecule has 0 amide bonds. The SMILES string of the molecule is Fc1ccc(OC[B-](F)(F)F)cc1Br.[K+]. The Morgan fingerprint density at radius 1 is 1.27 bits per heavy atom. The van der Waals surface area contributed by atoms with Crippen molar-refractivity contribution in [3.8, 4) is 5.75 Å². The summed E-state index contributed by atoms with van der Waals surface area (Å²) in [4.78, 5) is 0. The van der Waals surface area contributed by atoms with E-state index in [1.165, 1.54) is 0 Å².